The molecule has 3 heterocycles. The Hall–Kier alpha value is -2.84. The van der Waals surface area contributed by atoms with Gasteiger partial charge in [-0.15, -0.1) is 0 Å². The van der Waals surface area contributed by atoms with Crippen LogP contribution < -0.4 is 5.32 Å². The molecule has 170 valence electrons. The van der Waals surface area contributed by atoms with Crippen molar-refractivity contribution < 1.29 is 14.5 Å². The third kappa shape index (κ3) is 5.31. The molecule has 2 aliphatic heterocycles. The molecule has 0 saturated carbocycles. The molecule has 0 aliphatic carbocycles. The van der Waals surface area contributed by atoms with Crippen molar-refractivity contribution in [2.45, 2.75) is 51.2 Å². The Morgan fingerprint density at radius 3 is 2.72 bits per heavy atom. The van der Waals surface area contributed by atoms with E-state index < -0.39 is 0 Å². The van der Waals surface area contributed by atoms with Gasteiger partial charge in [-0.1, -0.05) is 18.2 Å². The first-order valence-corrected chi connectivity index (χ1v) is 11.3. The number of carbonyl (C=O) groups is 1. The molecule has 2 fully saturated rings. The Balaban J connectivity index is 1.40. The Kier molecular flexibility index (Phi) is 7.12. The highest BCUT2D eigenvalue weighted by Crippen LogP contribution is 2.31. The average Bonchev–Trinajstić information content (AvgIpc) is 3.32. The van der Waals surface area contributed by atoms with Crippen LogP contribution in [0.25, 0.3) is 0 Å². The van der Waals surface area contributed by atoms with Crippen LogP contribution in [-0.2, 0) is 11.3 Å². The van der Waals surface area contributed by atoms with E-state index in [4.69, 9.17) is 9.72 Å². The van der Waals surface area contributed by atoms with Crippen molar-refractivity contribution in [2.24, 2.45) is 0 Å². The van der Waals surface area contributed by atoms with Crippen molar-refractivity contribution in [3.05, 3.63) is 69.0 Å². The topological polar surface area (TPSA) is 97.6 Å². The number of aryl methyl sites for hydroxylation is 1. The number of nitro groups is 1. The van der Waals surface area contributed by atoms with E-state index in [9.17, 15) is 14.9 Å². The van der Waals surface area contributed by atoms with Crippen molar-refractivity contribution in [1.82, 2.24) is 15.2 Å². The Labute approximate surface area is 188 Å². The number of piperidine rings is 1. The van der Waals surface area contributed by atoms with E-state index in [1.165, 1.54) is 0 Å². The van der Waals surface area contributed by atoms with Crippen LogP contribution in [-0.4, -0.2) is 53.1 Å². The van der Waals surface area contributed by atoms with Crippen LogP contribution in [0.3, 0.4) is 0 Å². The Morgan fingerprint density at radius 2 is 2.00 bits per heavy atom. The minimum atomic E-state index is -0.319. The zero-order chi connectivity index (χ0) is 22.5. The molecular weight excluding hydrogens is 408 g/mol. The third-order valence-corrected chi connectivity index (χ3v) is 6.38. The largest absolute Gasteiger partial charge is 0.376 e. The van der Waals surface area contributed by atoms with E-state index in [0.717, 1.165) is 62.3 Å². The summed E-state index contributed by atoms with van der Waals surface area (Å²) in [4.78, 5) is 30.9. The van der Waals surface area contributed by atoms with Crippen molar-refractivity contribution in [3.8, 4) is 0 Å². The highest BCUT2D eigenvalue weighted by atomic mass is 16.6. The van der Waals surface area contributed by atoms with Gasteiger partial charge < -0.3 is 10.1 Å². The number of hydrogen-bond donors (Lipinski definition) is 1. The van der Waals surface area contributed by atoms with Crippen LogP contribution in [0.1, 0.15) is 58.9 Å². The van der Waals surface area contributed by atoms with Gasteiger partial charge in [0.2, 0.25) is 0 Å². The number of nitrogens with one attached hydrogen (secondary N) is 1. The molecule has 1 aromatic carbocycles. The Morgan fingerprint density at radius 1 is 1.22 bits per heavy atom. The smallest absolute Gasteiger partial charge is 0.273 e. The number of amides is 1. The molecule has 2 aliphatic rings. The zero-order valence-electron chi connectivity index (χ0n) is 18.5. The number of pyridine rings is 1. The summed E-state index contributed by atoms with van der Waals surface area (Å²) in [7, 11) is 0. The number of nitrogens with zero attached hydrogens (tertiary/aromatic N) is 3. The van der Waals surface area contributed by atoms with E-state index in [2.05, 4.69) is 10.2 Å². The number of para-hydroxylation sites is 1. The molecule has 8 nitrogen and oxygen atoms in total. The second-order valence-electron chi connectivity index (χ2n) is 8.67. The van der Waals surface area contributed by atoms with Gasteiger partial charge in [0.1, 0.15) is 0 Å². The number of benzene rings is 1. The minimum Gasteiger partial charge on any atom is -0.376 e. The zero-order valence-corrected chi connectivity index (χ0v) is 18.5. The number of rotatable bonds is 7. The van der Waals surface area contributed by atoms with Crippen LogP contribution in [0.15, 0.2) is 36.4 Å². The molecule has 1 N–H and O–H groups in total. The summed E-state index contributed by atoms with van der Waals surface area (Å²) in [6, 6.07) is 10.7. The molecule has 2 saturated heterocycles. The highest BCUT2D eigenvalue weighted by molar-refractivity contribution is 5.95. The van der Waals surface area contributed by atoms with Gasteiger partial charge in [0.25, 0.3) is 11.6 Å². The second kappa shape index (κ2) is 10.2. The van der Waals surface area contributed by atoms with Crippen LogP contribution in [0.4, 0.5) is 5.69 Å². The summed E-state index contributed by atoms with van der Waals surface area (Å²) in [5, 5.41) is 14.3. The van der Waals surface area contributed by atoms with Gasteiger partial charge >= 0.3 is 0 Å². The van der Waals surface area contributed by atoms with Crippen molar-refractivity contribution in [1.29, 1.82) is 0 Å². The SMILES string of the molecule is Cc1ccc(C(=O)NCC2CCCO2)c(C2CCN(Cc3ccccc3[N+](=O)[O-])CC2)n1. The molecular formula is C24H30N4O4. The number of nitro benzene ring substituents is 1. The summed E-state index contributed by atoms with van der Waals surface area (Å²) in [5.41, 5.74) is 3.31. The summed E-state index contributed by atoms with van der Waals surface area (Å²) < 4.78 is 5.61. The molecule has 4 rings (SSSR count). The maximum atomic E-state index is 12.9. The summed E-state index contributed by atoms with van der Waals surface area (Å²) in [5.74, 6) is 0.103. The van der Waals surface area contributed by atoms with E-state index in [0.29, 0.717) is 18.7 Å². The van der Waals surface area contributed by atoms with E-state index in [1.54, 1.807) is 12.1 Å². The first-order valence-electron chi connectivity index (χ1n) is 11.3. The molecule has 2 aromatic rings. The maximum absolute atomic E-state index is 12.9. The molecule has 8 heteroatoms. The van der Waals surface area contributed by atoms with Gasteiger partial charge in [0, 0.05) is 42.9 Å². The fourth-order valence-electron chi connectivity index (χ4n) is 4.62. The van der Waals surface area contributed by atoms with E-state index >= 15 is 0 Å². The fraction of sp³-hybridized carbons (Fsp3) is 0.500. The number of ether oxygens (including phenoxy) is 1. The first kappa shape index (κ1) is 22.4. The lowest BCUT2D eigenvalue weighted by molar-refractivity contribution is -0.385. The van der Waals surface area contributed by atoms with E-state index in [-0.39, 0.29) is 28.5 Å². The molecule has 0 spiro atoms. The molecule has 0 radical (unpaired) electrons. The molecule has 1 aromatic heterocycles. The monoisotopic (exact) mass is 438 g/mol. The molecule has 32 heavy (non-hydrogen) atoms. The first-order chi connectivity index (χ1) is 15.5. The number of carbonyl (C=O) groups excluding carboxylic acids is 1. The predicted octanol–water partition coefficient (Wildman–Crippen LogP) is 3.59. The van der Waals surface area contributed by atoms with Crippen molar-refractivity contribution in [2.75, 3.05) is 26.2 Å². The summed E-state index contributed by atoms with van der Waals surface area (Å²) in [6.07, 6.45) is 3.86. The standard InChI is InChI=1S/C24H30N4O4/c1-17-8-9-21(24(29)25-15-20-6-4-14-32-20)23(26-17)18-10-12-27(13-11-18)16-19-5-2-3-7-22(19)28(30)31/h2-3,5,7-9,18,20H,4,6,10-16H2,1H3,(H,25,29). The van der Waals surface area contributed by atoms with Gasteiger partial charge in [-0.3, -0.25) is 24.8 Å². The second-order valence-corrected chi connectivity index (χ2v) is 8.67. The molecule has 1 amide bonds. The molecule has 1 unspecified atom stereocenters. The van der Waals surface area contributed by atoms with Crippen LogP contribution in [0.2, 0.25) is 0 Å². The van der Waals surface area contributed by atoms with Crippen molar-refractivity contribution >= 4 is 11.6 Å². The van der Waals surface area contributed by atoms with Gasteiger partial charge in [-0.2, -0.15) is 0 Å². The summed E-state index contributed by atoms with van der Waals surface area (Å²) >= 11 is 0. The van der Waals surface area contributed by atoms with Crippen LogP contribution in [0.5, 0.6) is 0 Å². The van der Waals surface area contributed by atoms with Gasteiger partial charge in [-0.05, 0) is 57.8 Å². The number of aromatic nitrogens is 1. The predicted molar refractivity (Wildman–Crippen MR) is 121 cm³/mol. The lowest BCUT2D eigenvalue weighted by Crippen LogP contribution is -2.35. The highest BCUT2D eigenvalue weighted by Gasteiger charge is 2.27. The van der Waals surface area contributed by atoms with Crippen LogP contribution >= 0.6 is 0 Å². The lowest BCUT2D eigenvalue weighted by Gasteiger charge is -2.32. The van der Waals surface area contributed by atoms with E-state index in [1.807, 2.05) is 31.2 Å². The maximum Gasteiger partial charge on any atom is 0.273 e. The quantitative estimate of drug-likeness (QED) is 0.524. The third-order valence-electron chi connectivity index (χ3n) is 6.38. The minimum absolute atomic E-state index is 0.0923. The van der Waals surface area contributed by atoms with Gasteiger partial charge in [0.05, 0.1) is 22.3 Å². The number of hydrogen-bond acceptors (Lipinski definition) is 6. The molecule has 0 bridgehead atoms. The lowest BCUT2D eigenvalue weighted by atomic mass is 9.89. The fourth-order valence-corrected chi connectivity index (χ4v) is 4.62. The average molecular weight is 439 g/mol. The van der Waals surface area contributed by atoms with Crippen molar-refractivity contribution in [3.63, 3.8) is 0 Å². The summed E-state index contributed by atoms with van der Waals surface area (Å²) in [6.45, 7) is 5.41. The number of likely N-dealkylation sites (tertiary alicyclic amines) is 1. The normalized spacial score (nSPS) is 19.7. The molecule has 1 atom stereocenters. The Bertz CT molecular complexity index is 966. The van der Waals surface area contributed by atoms with Crippen LogP contribution in [0, 0.1) is 17.0 Å². The van der Waals surface area contributed by atoms with Gasteiger partial charge in [-0.25, -0.2) is 0 Å². The van der Waals surface area contributed by atoms with Gasteiger partial charge in [0.15, 0.2) is 0 Å².